The largest absolute Gasteiger partial charge is 0.481 e. The maximum atomic E-state index is 13.2. The van der Waals surface area contributed by atoms with Crippen molar-refractivity contribution in [1.82, 2.24) is 0 Å². The number of hydrogen-bond acceptors (Lipinski definition) is 2. The Hall–Kier alpha value is -1.85. The van der Waals surface area contributed by atoms with Crippen LogP contribution in [-0.2, 0) is 4.79 Å². The summed E-state index contributed by atoms with van der Waals surface area (Å²) in [6.45, 7) is 0. The second-order valence-corrected chi connectivity index (χ2v) is 5.63. The first-order valence-electron chi connectivity index (χ1n) is 6.72. The summed E-state index contributed by atoms with van der Waals surface area (Å²) in [5.74, 6) is -6.01. The molecule has 0 aliphatic heterocycles. The predicted molar refractivity (Wildman–Crippen MR) is 68.4 cm³/mol. The second-order valence-electron chi connectivity index (χ2n) is 5.63. The maximum Gasteiger partial charge on any atom is 0.303 e. The van der Waals surface area contributed by atoms with Gasteiger partial charge < -0.3 is 5.11 Å². The predicted octanol–water partition coefficient (Wildman–Crippen LogP) is 3.71. The highest BCUT2D eigenvalue weighted by molar-refractivity contribution is 5.96. The van der Waals surface area contributed by atoms with E-state index in [4.69, 9.17) is 5.11 Å². The first-order valence-corrected chi connectivity index (χ1v) is 6.72. The Bertz CT molecular complexity index is 555. The molecule has 1 aliphatic carbocycles. The monoisotopic (exact) mass is 300 g/mol. The first kappa shape index (κ1) is 15.5. The first-order chi connectivity index (χ1) is 9.83. The number of ketones is 1. The van der Waals surface area contributed by atoms with Crippen molar-refractivity contribution in [1.29, 1.82) is 0 Å². The molecule has 1 N–H and O–H groups in total. The Morgan fingerprint density at radius 2 is 1.57 bits per heavy atom. The highest BCUT2D eigenvalue weighted by atomic mass is 19.2. The molecule has 0 saturated heterocycles. The quantitative estimate of drug-likeness (QED) is 0.666. The van der Waals surface area contributed by atoms with E-state index in [-0.39, 0.29) is 18.4 Å². The fourth-order valence-electron chi connectivity index (χ4n) is 3.02. The van der Waals surface area contributed by atoms with Crippen LogP contribution in [-0.4, -0.2) is 16.9 Å². The standard InChI is InChI=1S/C15H15F3O3/c16-10-5-9(6-11(17)14(10)18)12(19)7-15(8-13(20)21)3-1-2-4-15/h5-6H,1-4,7-8H2,(H,20,21). The van der Waals surface area contributed by atoms with Crippen molar-refractivity contribution in [2.24, 2.45) is 5.41 Å². The topological polar surface area (TPSA) is 54.4 Å². The Morgan fingerprint density at radius 3 is 2.05 bits per heavy atom. The van der Waals surface area contributed by atoms with Crippen molar-refractivity contribution in [2.75, 3.05) is 0 Å². The molecule has 0 radical (unpaired) electrons. The van der Waals surface area contributed by atoms with Gasteiger partial charge in [-0.1, -0.05) is 12.8 Å². The molecule has 0 bridgehead atoms. The summed E-state index contributed by atoms with van der Waals surface area (Å²) < 4.78 is 39.2. The van der Waals surface area contributed by atoms with E-state index in [1.165, 1.54) is 0 Å². The molecule has 1 aromatic carbocycles. The summed E-state index contributed by atoms with van der Waals surface area (Å²) in [5.41, 5.74) is -0.923. The molecule has 0 unspecified atom stereocenters. The van der Waals surface area contributed by atoms with Crippen LogP contribution in [0.1, 0.15) is 48.9 Å². The van der Waals surface area contributed by atoms with Crippen molar-refractivity contribution >= 4 is 11.8 Å². The molecule has 6 heteroatoms. The molecule has 0 heterocycles. The summed E-state index contributed by atoms with van der Waals surface area (Å²) >= 11 is 0. The molecule has 0 spiro atoms. The highest BCUT2D eigenvalue weighted by Crippen LogP contribution is 2.44. The van der Waals surface area contributed by atoms with Crippen molar-refractivity contribution in [3.63, 3.8) is 0 Å². The average molecular weight is 300 g/mol. The third-order valence-corrected chi connectivity index (χ3v) is 4.03. The maximum absolute atomic E-state index is 13.2. The van der Waals surface area contributed by atoms with Gasteiger partial charge in [-0.05, 0) is 30.4 Å². The molecule has 1 aromatic rings. The zero-order chi connectivity index (χ0) is 15.6. The number of Topliss-reactive ketones (excluding diaryl/α,β-unsaturated/α-hetero) is 1. The Balaban J connectivity index is 2.21. The summed E-state index contributed by atoms with van der Waals surface area (Å²) in [5, 5.41) is 8.97. The van der Waals surface area contributed by atoms with Crippen LogP contribution in [0.4, 0.5) is 13.2 Å². The summed E-state index contributed by atoms with van der Waals surface area (Å²) in [6, 6.07) is 1.31. The summed E-state index contributed by atoms with van der Waals surface area (Å²) in [7, 11) is 0. The minimum absolute atomic E-state index is 0.0934. The molecule has 1 aliphatic rings. The molecule has 1 fully saturated rings. The number of aliphatic carboxylic acids is 1. The van der Waals surface area contributed by atoms with Gasteiger partial charge in [0.25, 0.3) is 0 Å². The van der Waals surface area contributed by atoms with Gasteiger partial charge in [0.15, 0.2) is 23.2 Å². The Kier molecular flexibility index (Phi) is 4.34. The molecule has 2 rings (SSSR count). The smallest absolute Gasteiger partial charge is 0.303 e. The third-order valence-electron chi connectivity index (χ3n) is 4.03. The van der Waals surface area contributed by atoms with E-state index in [9.17, 15) is 22.8 Å². The SMILES string of the molecule is O=C(O)CC1(CC(=O)c2cc(F)c(F)c(F)c2)CCCC1. The van der Waals surface area contributed by atoms with Crippen molar-refractivity contribution in [2.45, 2.75) is 38.5 Å². The second kappa shape index (κ2) is 5.87. The summed E-state index contributed by atoms with van der Waals surface area (Å²) in [6.07, 6.45) is 2.60. The number of benzene rings is 1. The van der Waals surface area contributed by atoms with Gasteiger partial charge in [-0.25, -0.2) is 13.2 Å². The molecular weight excluding hydrogens is 285 g/mol. The van der Waals surface area contributed by atoms with Gasteiger partial charge in [0, 0.05) is 12.0 Å². The van der Waals surface area contributed by atoms with Crippen LogP contribution in [0.5, 0.6) is 0 Å². The van der Waals surface area contributed by atoms with Crippen LogP contribution in [0.3, 0.4) is 0 Å². The van der Waals surface area contributed by atoms with Gasteiger partial charge in [0.1, 0.15) is 0 Å². The zero-order valence-corrected chi connectivity index (χ0v) is 11.3. The van der Waals surface area contributed by atoms with E-state index in [1.807, 2.05) is 0 Å². The normalized spacial score (nSPS) is 16.9. The van der Waals surface area contributed by atoms with Gasteiger partial charge in [-0.15, -0.1) is 0 Å². The number of carbonyl (C=O) groups is 2. The van der Waals surface area contributed by atoms with Crippen molar-refractivity contribution in [3.8, 4) is 0 Å². The number of carboxylic acid groups (broad SMARTS) is 1. The third kappa shape index (κ3) is 3.43. The van der Waals surface area contributed by atoms with Crippen LogP contribution < -0.4 is 0 Å². The number of rotatable bonds is 5. The fraction of sp³-hybridized carbons (Fsp3) is 0.467. The van der Waals surface area contributed by atoms with Gasteiger partial charge in [-0.2, -0.15) is 0 Å². The fourth-order valence-corrected chi connectivity index (χ4v) is 3.02. The number of hydrogen-bond donors (Lipinski definition) is 1. The number of carboxylic acids is 1. The van der Waals surface area contributed by atoms with Crippen LogP contribution in [0.2, 0.25) is 0 Å². The van der Waals surface area contributed by atoms with Crippen LogP contribution in [0.15, 0.2) is 12.1 Å². The minimum Gasteiger partial charge on any atom is -0.481 e. The molecule has 1 saturated carbocycles. The molecular formula is C15H15F3O3. The van der Waals surface area contributed by atoms with E-state index < -0.39 is 34.6 Å². The van der Waals surface area contributed by atoms with Gasteiger partial charge in [0.05, 0.1) is 6.42 Å². The van der Waals surface area contributed by atoms with Gasteiger partial charge in [-0.3, -0.25) is 9.59 Å². The van der Waals surface area contributed by atoms with E-state index >= 15 is 0 Å². The molecule has 0 aromatic heterocycles. The van der Waals surface area contributed by atoms with Crippen molar-refractivity contribution in [3.05, 3.63) is 35.1 Å². The van der Waals surface area contributed by atoms with E-state index in [0.29, 0.717) is 25.0 Å². The molecule has 3 nitrogen and oxygen atoms in total. The van der Waals surface area contributed by atoms with Gasteiger partial charge in [0.2, 0.25) is 0 Å². The van der Waals surface area contributed by atoms with Crippen LogP contribution in [0, 0.1) is 22.9 Å². The lowest BCUT2D eigenvalue weighted by atomic mass is 9.77. The Labute approximate surface area is 119 Å². The molecule has 0 atom stereocenters. The zero-order valence-electron chi connectivity index (χ0n) is 11.3. The lowest BCUT2D eigenvalue weighted by Gasteiger charge is -2.26. The summed E-state index contributed by atoms with van der Waals surface area (Å²) in [4.78, 5) is 23.1. The minimum atomic E-state index is -1.62. The van der Waals surface area contributed by atoms with Crippen LogP contribution in [0.25, 0.3) is 0 Å². The van der Waals surface area contributed by atoms with E-state index in [2.05, 4.69) is 0 Å². The molecule has 114 valence electrons. The lowest BCUT2D eigenvalue weighted by molar-refractivity contribution is -0.139. The van der Waals surface area contributed by atoms with Crippen LogP contribution >= 0.6 is 0 Å². The molecule has 0 amide bonds. The average Bonchev–Trinajstić information content (AvgIpc) is 2.82. The van der Waals surface area contributed by atoms with E-state index in [1.54, 1.807) is 0 Å². The van der Waals surface area contributed by atoms with Gasteiger partial charge >= 0.3 is 5.97 Å². The lowest BCUT2D eigenvalue weighted by Crippen LogP contribution is -2.25. The molecule has 21 heavy (non-hydrogen) atoms. The Morgan fingerprint density at radius 1 is 1.05 bits per heavy atom. The van der Waals surface area contributed by atoms with Crippen molar-refractivity contribution < 1.29 is 27.9 Å². The number of halogens is 3. The number of carbonyl (C=O) groups excluding carboxylic acids is 1. The highest BCUT2D eigenvalue weighted by Gasteiger charge is 2.38. The van der Waals surface area contributed by atoms with E-state index in [0.717, 1.165) is 12.8 Å².